The number of halogens is 2. The van der Waals surface area contributed by atoms with Crippen molar-refractivity contribution >= 4 is 29.1 Å². The van der Waals surface area contributed by atoms with Crippen LogP contribution < -0.4 is 0 Å². The van der Waals surface area contributed by atoms with Gasteiger partial charge in [-0.2, -0.15) is 0 Å². The van der Waals surface area contributed by atoms with Gasteiger partial charge >= 0.3 is 0 Å². The first kappa shape index (κ1) is 12.1. The second kappa shape index (κ2) is 4.25. The lowest BCUT2D eigenvalue weighted by atomic mass is 10.1. The summed E-state index contributed by atoms with van der Waals surface area (Å²) in [7, 11) is 0. The van der Waals surface area contributed by atoms with E-state index in [1.807, 2.05) is 20.8 Å². The minimum Gasteiger partial charge on any atom is -0.351 e. The molecule has 0 aromatic carbocycles. The van der Waals surface area contributed by atoms with Gasteiger partial charge in [0.2, 0.25) is 0 Å². The fourth-order valence-corrected chi connectivity index (χ4v) is 1.94. The van der Waals surface area contributed by atoms with Crippen molar-refractivity contribution in [1.29, 1.82) is 0 Å². The van der Waals surface area contributed by atoms with E-state index in [0.717, 1.165) is 6.42 Å². The third-order valence-electron chi connectivity index (χ3n) is 2.57. The second-order valence-corrected chi connectivity index (χ2v) is 4.80. The molecule has 1 heterocycles. The molecule has 1 fully saturated rings. The molecule has 1 amide bonds. The van der Waals surface area contributed by atoms with Gasteiger partial charge in [-0.1, -0.05) is 30.1 Å². The van der Waals surface area contributed by atoms with Crippen molar-refractivity contribution < 1.29 is 9.53 Å². The standard InChI is InChI=1S/C9H15Cl2NO2/c1-4-9(3)12(5-6(2)14-9)8(13)7(10)11/h6-7H,4-5H2,1-3H3. The fourth-order valence-electron chi connectivity index (χ4n) is 1.70. The smallest absolute Gasteiger partial charge is 0.258 e. The van der Waals surface area contributed by atoms with E-state index >= 15 is 0 Å². The van der Waals surface area contributed by atoms with Gasteiger partial charge in [-0.15, -0.1) is 0 Å². The Morgan fingerprint density at radius 2 is 2.29 bits per heavy atom. The molecule has 5 heteroatoms. The van der Waals surface area contributed by atoms with E-state index in [-0.39, 0.29) is 12.0 Å². The molecule has 2 unspecified atom stereocenters. The molecular formula is C9H15Cl2NO2. The zero-order valence-electron chi connectivity index (χ0n) is 8.59. The van der Waals surface area contributed by atoms with Gasteiger partial charge in [0.1, 0.15) is 5.72 Å². The van der Waals surface area contributed by atoms with Crippen molar-refractivity contribution in [3.05, 3.63) is 0 Å². The lowest BCUT2D eigenvalue weighted by molar-refractivity contribution is -0.147. The third-order valence-corrected chi connectivity index (χ3v) is 2.95. The van der Waals surface area contributed by atoms with Crippen molar-refractivity contribution in [2.45, 2.75) is 43.9 Å². The fraction of sp³-hybridized carbons (Fsp3) is 0.889. The van der Waals surface area contributed by atoms with Gasteiger partial charge < -0.3 is 9.64 Å². The third kappa shape index (κ3) is 2.15. The Hall–Kier alpha value is 0.01000. The molecule has 0 aromatic heterocycles. The minimum atomic E-state index is -1.00. The summed E-state index contributed by atoms with van der Waals surface area (Å²) in [5.74, 6) is -0.276. The minimum absolute atomic E-state index is 0.0379. The molecule has 3 nitrogen and oxygen atoms in total. The van der Waals surface area contributed by atoms with Crippen LogP contribution in [0.4, 0.5) is 0 Å². The average Bonchev–Trinajstić information content (AvgIpc) is 2.41. The van der Waals surface area contributed by atoms with E-state index in [9.17, 15) is 4.79 Å². The summed E-state index contributed by atoms with van der Waals surface area (Å²) in [6.07, 6.45) is 0.764. The van der Waals surface area contributed by atoms with E-state index in [1.165, 1.54) is 0 Å². The first-order valence-electron chi connectivity index (χ1n) is 4.68. The summed E-state index contributed by atoms with van der Waals surface area (Å²) in [6.45, 7) is 6.33. The van der Waals surface area contributed by atoms with E-state index in [2.05, 4.69) is 0 Å². The van der Waals surface area contributed by atoms with Crippen LogP contribution >= 0.6 is 23.2 Å². The summed E-state index contributed by atoms with van der Waals surface area (Å²) in [5.41, 5.74) is -0.557. The van der Waals surface area contributed by atoms with Crippen molar-refractivity contribution in [2.75, 3.05) is 6.54 Å². The van der Waals surface area contributed by atoms with E-state index in [0.29, 0.717) is 6.54 Å². The number of nitrogens with zero attached hydrogens (tertiary/aromatic N) is 1. The van der Waals surface area contributed by atoms with Crippen molar-refractivity contribution in [3.63, 3.8) is 0 Å². The van der Waals surface area contributed by atoms with Crippen LogP contribution in [0.15, 0.2) is 0 Å². The number of alkyl halides is 2. The van der Waals surface area contributed by atoms with Crippen LogP contribution in [0.2, 0.25) is 0 Å². The molecule has 0 N–H and O–H groups in total. The Morgan fingerprint density at radius 1 is 1.71 bits per heavy atom. The zero-order valence-corrected chi connectivity index (χ0v) is 10.1. The maximum absolute atomic E-state index is 11.6. The maximum atomic E-state index is 11.6. The molecule has 0 aromatic rings. The molecule has 0 radical (unpaired) electrons. The van der Waals surface area contributed by atoms with Crippen LogP contribution in [0.25, 0.3) is 0 Å². The van der Waals surface area contributed by atoms with Gasteiger partial charge in [-0.3, -0.25) is 4.79 Å². The van der Waals surface area contributed by atoms with Crippen LogP contribution in [0.3, 0.4) is 0 Å². The highest BCUT2D eigenvalue weighted by molar-refractivity contribution is 6.53. The summed E-state index contributed by atoms with van der Waals surface area (Å²) in [4.78, 5) is 12.3. The van der Waals surface area contributed by atoms with Crippen LogP contribution in [0.1, 0.15) is 27.2 Å². The SMILES string of the molecule is CCC1(C)OC(C)CN1C(=O)C(Cl)Cl. The number of rotatable bonds is 2. The highest BCUT2D eigenvalue weighted by Crippen LogP contribution is 2.31. The Bertz CT molecular complexity index is 235. The molecule has 1 saturated heterocycles. The topological polar surface area (TPSA) is 29.5 Å². The predicted molar refractivity (Wildman–Crippen MR) is 56.5 cm³/mol. The van der Waals surface area contributed by atoms with Crippen LogP contribution in [0.5, 0.6) is 0 Å². The maximum Gasteiger partial charge on any atom is 0.258 e. The van der Waals surface area contributed by atoms with Gasteiger partial charge in [-0.25, -0.2) is 0 Å². The zero-order chi connectivity index (χ0) is 10.9. The van der Waals surface area contributed by atoms with Crippen molar-refractivity contribution in [3.8, 4) is 0 Å². The Labute approximate surface area is 94.3 Å². The number of amides is 1. The van der Waals surface area contributed by atoms with Gasteiger partial charge in [-0.05, 0) is 20.3 Å². The molecule has 0 bridgehead atoms. The molecule has 1 aliphatic rings. The molecule has 0 aliphatic carbocycles. The van der Waals surface area contributed by atoms with Gasteiger partial charge in [0.05, 0.1) is 6.10 Å². The van der Waals surface area contributed by atoms with Gasteiger partial charge in [0, 0.05) is 6.54 Å². The average molecular weight is 240 g/mol. The van der Waals surface area contributed by atoms with Crippen LogP contribution in [0, 0.1) is 0 Å². The summed E-state index contributed by atoms with van der Waals surface area (Å²) < 4.78 is 5.67. The molecule has 82 valence electrons. The summed E-state index contributed by atoms with van der Waals surface area (Å²) in [6, 6.07) is 0. The van der Waals surface area contributed by atoms with Crippen molar-refractivity contribution in [2.24, 2.45) is 0 Å². The van der Waals surface area contributed by atoms with E-state index < -0.39 is 10.6 Å². The first-order chi connectivity index (χ1) is 6.40. The monoisotopic (exact) mass is 239 g/mol. The molecule has 14 heavy (non-hydrogen) atoms. The highest BCUT2D eigenvalue weighted by atomic mass is 35.5. The number of carbonyl (C=O) groups excluding carboxylic acids is 1. The van der Waals surface area contributed by atoms with Gasteiger partial charge in [0.15, 0.2) is 4.84 Å². The van der Waals surface area contributed by atoms with E-state index in [1.54, 1.807) is 4.90 Å². The second-order valence-electron chi connectivity index (χ2n) is 3.71. The molecule has 1 rings (SSSR count). The first-order valence-corrected chi connectivity index (χ1v) is 5.55. The lowest BCUT2D eigenvalue weighted by Crippen LogP contribution is -2.47. The Morgan fingerprint density at radius 3 is 2.71 bits per heavy atom. The molecular weight excluding hydrogens is 225 g/mol. The molecule has 1 aliphatic heterocycles. The summed E-state index contributed by atoms with van der Waals surface area (Å²) in [5, 5.41) is 0. The van der Waals surface area contributed by atoms with Crippen LogP contribution in [-0.4, -0.2) is 34.0 Å². The van der Waals surface area contributed by atoms with Crippen LogP contribution in [-0.2, 0) is 9.53 Å². The quantitative estimate of drug-likeness (QED) is 0.692. The van der Waals surface area contributed by atoms with Gasteiger partial charge in [0.25, 0.3) is 5.91 Å². The Balaban J connectivity index is 2.82. The van der Waals surface area contributed by atoms with E-state index in [4.69, 9.17) is 27.9 Å². The lowest BCUT2D eigenvalue weighted by Gasteiger charge is -2.32. The largest absolute Gasteiger partial charge is 0.351 e. The molecule has 0 spiro atoms. The highest BCUT2D eigenvalue weighted by Gasteiger charge is 2.44. The normalized spacial score (nSPS) is 32.7. The number of carbonyl (C=O) groups is 1. The number of ether oxygens (including phenoxy) is 1. The number of hydrogen-bond donors (Lipinski definition) is 0. The van der Waals surface area contributed by atoms with Crippen molar-refractivity contribution in [1.82, 2.24) is 4.90 Å². The molecule has 2 atom stereocenters. The predicted octanol–water partition coefficient (Wildman–Crippen LogP) is 2.16. The number of hydrogen-bond acceptors (Lipinski definition) is 2. The molecule has 0 saturated carbocycles. The Kier molecular flexibility index (Phi) is 3.67. The summed E-state index contributed by atoms with van der Waals surface area (Å²) >= 11 is 11.1.